The molecule has 0 aromatic carbocycles. The van der Waals surface area contributed by atoms with E-state index in [1.807, 2.05) is 0 Å². The third kappa shape index (κ3) is 1.24. The predicted molar refractivity (Wildman–Crippen MR) is 49.6 cm³/mol. The van der Waals surface area contributed by atoms with Crippen molar-refractivity contribution >= 4 is 0 Å². The van der Waals surface area contributed by atoms with E-state index in [1.165, 1.54) is 25.7 Å². The quantitative estimate of drug-likeness (QED) is 0.530. The second kappa shape index (κ2) is 2.82. The van der Waals surface area contributed by atoms with Crippen LogP contribution in [0.5, 0.6) is 0 Å². The summed E-state index contributed by atoms with van der Waals surface area (Å²) < 4.78 is 11.0. The van der Waals surface area contributed by atoms with Crippen LogP contribution in [0.3, 0.4) is 0 Å². The average Bonchev–Trinajstić information content (AvgIpc) is 2.74. The molecule has 0 bridgehead atoms. The van der Waals surface area contributed by atoms with Crippen molar-refractivity contribution in [3.8, 4) is 0 Å². The van der Waals surface area contributed by atoms with Gasteiger partial charge in [0.2, 0.25) is 0 Å². The van der Waals surface area contributed by atoms with Crippen molar-refractivity contribution in [2.45, 2.75) is 25.7 Å². The van der Waals surface area contributed by atoms with Gasteiger partial charge in [-0.25, -0.2) is 0 Å². The molecule has 0 radical (unpaired) electrons. The summed E-state index contributed by atoms with van der Waals surface area (Å²) in [6.07, 6.45) is 5.11. The van der Waals surface area contributed by atoms with Crippen molar-refractivity contribution in [2.24, 2.45) is 5.41 Å². The van der Waals surface area contributed by atoms with Crippen molar-refractivity contribution in [3.63, 3.8) is 0 Å². The first-order valence-corrected chi connectivity index (χ1v) is 5.23. The van der Waals surface area contributed by atoms with Crippen LogP contribution in [-0.4, -0.2) is 26.4 Å². The normalized spacial score (nSPS) is 38.8. The van der Waals surface area contributed by atoms with E-state index in [2.05, 4.69) is 0 Å². The van der Waals surface area contributed by atoms with Crippen LogP contribution in [0.25, 0.3) is 0 Å². The molecule has 1 atom stereocenters. The van der Waals surface area contributed by atoms with Gasteiger partial charge in [-0.05, 0) is 36.8 Å². The first-order valence-electron chi connectivity index (χ1n) is 5.23. The molecule has 2 nitrogen and oxygen atoms in total. The van der Waals surface area contributed by atoms with Gasteiger partial charge in [0.25, 0.3) is 0 Å². The molecular formula is C11H16O2. The minimum absolute atomic E-state index is 0.506. The fourth-order valence-electron chi connectivity index (χ4n) is 2.87. The van der Waals surface area contributed by atoms with Crippen LogP contribution in [-0.2, 0) is 9.47 Å². The van der Waals surface area contributed by atoms with Gasteiger partial charge in [-0.2, -0.15) is 0 Å². The molecule has 0 N–H and O–H groups in total. The highest BCUT2D eigenvalue weighted by molar-refractivity contribution is 5.24. The van der Waals surface area contributed by atoms with Gasteiger partial charge in [0.15, 0.2) is 0 Å². The van der Waals surface area contributed by atoms with E-state index in [1.54, 1.807) is 11.1 Å². The van der Waals surface area contributed by atoms with Crippen LogP contribution in [0.2, 0.25) is 0 Å². The lowest BCUT2D eigenvalue weighted by atomic mass is 9.72. The predicted octanol–water partition coefficient (Wildman–Crippen LogP) is 1.90. The molecular weight excluding hydrogens is 164 g/mol. The fraction of sp³-hybridized carbons (Fsp3) is 0.818. The molecule has 2 heterocycles. The van der Waals surface area contributed by atoms with E-state index in [0.717, 1.165) is 26.4 Å². The SMILES string of the molecule is C1CC2(CCC3=C(COC3)C2)CO1. The Morgan fingerprint density at radius 1 is 1.00 bits per heavy atom. The molecule has 3 aliphatic rings. The highest BCUT2D eigenvalue weighted by Crippen LogP contribution is 2.46. The van der Waals surface area contributed by atoms with Crippen molar-refractivity contribution in [3.05, 3.63) is 11.1 Å². The summed E-state index contributed by atoms with van der Waals surface area (Å²) in [7, 11) is 0. The maximum absolute atomic E-state index is 5.52. The molecule has 1 fully saturated rings. The highest BCUT2D eigenvalue weighted by Gasteiger charge is 2.39. The van der Waals surface area contributed by atoms with E-state index in [0.29, 0.717) is 5.41 Å². The topological polar surface area (TPSA) is 18.5 Å². The molecule has 0 aromatic rings. The highest BCUT2D eigenvalue weighted by atomic mass is 16.5. The van der Waals surface area contributed by atoms with Gasteiger partial charge in [0, 0.05) is 12.0 Å². The molecule has 3 rings (SSSR count). The lowest BCUT2D eigenvalue weighted by Gasteiger charge is -2.32. The smallest absolute Gasteiger partial charge is 0.0684 e. The molecule has 1 spiro atoms. The first kappa shape index (κ1) is 8.01. The number of ether oxygens (including phenoxy) is 2. The second-order valence-corrected chi connectivity index (χ2v) is 4.68. The van der Waals surface area contributed by atoms with Crippen LogP contribution in [0.15, 0.2) is 11.1 Å². The van der Waals surface area contributed by atoms with Gasteiger partial charge in [0.1, 0.15) is 0 Å². The van der Waals surface area contributed by atoms with E-state index in [4.69, 9.17) is 9.47 Å². The Bertz CT molecular complexity index is 249. The van der Waals surface area contributed by atoms with Crippen molar-refractivity contribution in [1.29, 1.82) is 0 Å². The Hall–Kier alpha value is -0.340. The van der Waals surface area contributed by atoms with Gasteiger partial charge in [-0.3, -0.25) is 0 Å². The molecule has 0 amide bonds. The Kier molecular flexibility index (Phi) is 1.74. The standard InChI is InChI=1S/C11H16O2/c1-2-11(3-4-12-8-11)5-10-7-13-6-9(1)10/h1-8H2. The summed E-state index contributed by atoms with van der Waals surface area (Å²) in [6.45, 7) is 3.77. The third-order valence-electron chi connectivity index (χ3n) is 3.78. The molecule has 2 heteroatoms. The zero-order chi connectivity index (χ0) is 8.73. The summed E-state index contributed by atoms with van der Waals surface area (Å²) in [6, 6.07) is 0. The zero-order valence-electron chi connectivity index (χ0n) is 7.97. The molecule has 0 saturated carbocycles. The van der Waals surface area contributed by atoms with Crippen LogP contribution in [0, 0.1) is 5.41 Å². The first-order chi connectivity index (χ1) is 6.38. The summed E-state index contributed by atoms with van der Waals surface area (Å²) in [5.41, 5.74) is 3.70. The molecule has 1 unspecified atom stereocenters. The summed E-state index contributed by atoms with van der Waals surface area (Å²) in [5, 5.41) is 0. The minimum atomic E-state index is 0.506. The fourth-order valence-corrected chi connectivity index (χ4v) is 2.87. The maximum Gasteiger partial charge on any atom is 0.0684 e. The number of hydrogen-bond acceptors (Lipinski definition) is 2. The Labute approximate surface area is 78.9 Å². The van der Waals surface area contributed by atoms with Gasteiger partial charge >= 0.3 is 0 Å². The van der Waals surface area contributed by atoms with E-state index < -0.39 is 0 Å². The van der Waals surface area contributed by atoms with Crippen LogP contribution >= 0.6 is 0 Å². The van der Waals surface area contributed by atoms with E-state index in [-0.39, 0.29) is 0 Å². The molecule has 72 valence electrons. The number of hydrogen-bond donors (Lipinski definition) is 0. The largest absolute Gasteiger partial charge is 0.381 e. The number of rotatable bonds is 0. The maximum atomic E-state index is 5.52. The summed E-state index contributed by atoms with van der Waals surface area (Å²) >= 11 is 0. The molecule has 1 saturated heterocycles. The molecule has 2 aliphatic heterocycles. The monoisotopic (exact) mass is 180 g/mol. The van der Waals surface area contributed by atoms with Gasteiger partial charge in [0.05, 0.1) is 19.8 Å². The van der Waals surface area contributed by atoms with Crippen LogP contribution < -0.4 is 0 Å². The Balaban J connectivity index is 1.82. The van der Waals surface area contributed by atoms with Gasteiger partial charge < -0.3 is 9.47 Å². The molecule has 1 aliphatic carbocycles. The second-order valence-electron chi connectivity index (χ2n) is 4.68. The Morgan fingerprint density at radius 3 is 2.77 bits per heavy atom. The minimum Gasteiger partial charge on any atom is -0.381 e. The van der Waals surface area contributed by atoms with Crippen LogP contribution in [0.1, 0.15) is 25.7 Å². The van der Waals surface area contributed by atoms with Crippen molar-refractivity contribution in [2.75, 3.05) is 26.4 Å². The average molecular weight is 180 g/mol. The lowest BCUT2D eigenvalue weighted by molar-refractivity contribution is 0.141. The zero-order valence-corrected chi connectivity index (χ0v) is 7.97. The molecule has 0 aromatic heterocycles. The van der Waals surface area contributed by atoms with E-state index >= 15 is 0 Å². The van der Waals surface area contributed by atoms with Crippen LogP contribution in [0.4, 0.5) is 0 Å². The molecule has 13 heavy (non-hydrogen) atoms. The van der Waals surface area contributed by atoms with Crippen molar-refractivity contribution < 1.29 is 9.47 Å². The third-order valence-corrected chi connectivity index (χ3v) is 3.78. The van der Waals surface area contributed by atoms with Crippen molar-refractivity contribution in [1.82, 2.24) is 0 Å². The van der Waals surface area contributed by atoms with E-state index in [9.17, 15) is 0 Å². The summed E-state index contributed by atoms with van der Waals surface area (Å²) in [5.74, 6) is 0. The lowest BCUT2D eigenvalue weighted by Crippen LogP contribution is -2.25. The summed E-state index contributed by atoms with van der Waals surface area (Å²) in [4.78, 5) is 0. The Morgan fingerprint density at radius 2 is 1.92 bits per heavy atom. The van der Waals surface area contributed by atoms with Gasteiger partial charge in [-0.1, -0.05) is 0 Å². The van der Waals surface area contributed by atoms with Gasteiger partial charge in [-0.15, -0.1) is 0 Å².